The summed E-state index contributed by atoms with van der Waals surface area (Å²) in [6, 6.07) is 12.5. The highest BCUT2D eigenvalue weighted by Gasteiger charge is 2.17. The maximum atomic E-state index is 12.8. The van der Waals surface area contributed by atoms with Crippen LogP contribution < -0.4 is 10.9 Å². The molecule has 0 unspecified atom stereocenters. The van der Waals surface area contributed by atoms with E-state index in [1.807, 2.05) is 32.0 Å². The quantitative estimate of drug-likeness (QED) is 0.625. The molecular weight excluding hydrogens is 390 g/mol. The Morgan fingerprint density at radius 2 is 2.00 bits per heavy atom. The maximum Gasteiger partial charge on any atom is 0.322 e. The van der Waals surface area contributed by atoms with E-state index >= 15 is 0 Å². The summed E-state index contributed by atoms with van der Waals surface area (Å²) in [6.45, 7) is 4.84. The smallest absolute Gasteiger partial charge is 0.322 e. The molecule has 1 heterocycles. The van der Waals surface area contributed by atoms with Crippen molar-refractivity contribution in [2.75, 3.05) is 25.6 Å². The number of hydrogen-bond acceptors (Lipinski definition) is 3. The number of nitrogens with zero attached hydrogens (tertiary/aromatic N) is 1. The number of rotatable bonds is 6. The Labute approximate surface area is 174 Å². The summed E-state index contributed by atoms with van der Waals surface area (Å²) in [6.07, 6.45) is 0. The number of urea groups is 1. The monoisotopic (exact) mass is 413 g/mol. The maximum absolute atomic E-state index is 12.8. The first-order valence-electron chi connectivity index (χ1n) is 9.31. The van der Waals surface area contributed by atoms with Gasteiger partial charge in [0.05, 0.1) is 18.7 Å². The molecule has 2 aromatic carbocycles. The topological polar surface area (TPSA) is 74.4 Å². The van der Waals surface area contributed by atoms with Crippen LogP contribution in [0.1, 0.15) is 16.7 Å². The van der Waals surface area contributed by atoms with E-state index in [2.05, 4.69) is 10.3 Å². The number of aromatic amines is 1. The predicted octanol–water partition coefficient (Wildman–Crippen LogP) is 4.48. The highest BCUT2D eigenvalue weighted by molar-refractivity contribution is 6.30. The zero-order valence-corrected chi connectivity index (χ0v) is 17.5. The number of benzene rings is 2. The third-order valence-electron chi connectivity index (χ3n) is 4.66. The third kappa shape index (κ3) is 5.16. The summed E-state index contributed by atoms with van der Waals surface area (Å²) >= 11 is 5.99. The van der Waals surface area contributed by atoms with E-state index in [4.69, 9.17) is 16.3 Å². The molecule has 0 saturated carbocycles. The van der Waals surface area contributed by atoms with Gasteiger partial charge in [0, 0.05) is 29.9 Å². The number of hydrogen-bond donors (Lipinski definition) is 2. The van der Waals surface area contributed by atoms with Crippen molar-refractivity contribution in [3.63, 3.8) is 0 Å². The molecule has 0 aliphatic carbocycles. The van der Waals surface area contributed by atoms with Crippen LogP contribution in [-0.2, 0) is 11.3 Å². The molecule has 7 heteroatoms. The van der Waals surface area contributed by atoms with Gasteiger partial charge in [0.1, 0.15) is 0 Å². The minimum absolute atomic E-state index is 0.161. The number of carbonyl (C=O) groups is 1. The summed E-state index contributed by atoms with van der Waals surface area (Å²) in [5, 5.41) is 4.30. The molecule has 1 aromatic heterocycles. The minimum Gasteiger partial charge on any atom is -0.383 e. The SMILES string of the molecule is COCCN(Cc1cc2cc(C)cc(C)c2[nH]c1=O)C(=O)Nc1cccc(Cl)c1. The Hall–Kier alpha value is -2.83. The van der Waals surface area contributed by atoms with Crippen LogP contribution in [0.2, 0.25) is 5.02 Å². The number of halogens is 1. The lowest BCUT2D eigenvalue weighted by Crippen LogP contribution is -2.38. The van der Waals surface area contributed by atoms with Gasteiger partial charge >= 0.3 is 6.03 Å². The number of carbonyl (C=O) groups excluding carboxylic acids is 1. The Morgan fingerprint density at radius 1 is 1.21 bits per heavy atom. The van der Waals surface area contributed by atoms with E-state index < -0.39 is 0 Å². The van der Waals surface area contributed by atoms with Crippen molar-refractivity contribution >= 4 is 34.2 Å². The molecule has 6 nitrogen and oxygen atoms in total. The second-order valence-electron chi connectivity index (χ2n) is 7.02. The Bertz CT molecular complexity index is 1090. The number of aromatic nitrogens is 1. The van der Waals surface area contributed by atoms with Crippen molar-refractivity contribution < 1.29 is 9.53 Å². The molecule has 3 aromatic rings. The molecule has 152 valence electrons. The van der Waals surface area contributed by atoms with E-state index in [1.54, 1.807) is 36.3 Å². The van der Waals surface area contributed by atoms with Gasteiger partial charge in [-0.05, 0) is 55.1 Å². The first-order valence-corrected chi connectivity index (χ1v) is 9.69. The summed E-state index contributed by atoms with van der Waals surface area (Å²) in [5.74, 6) is 0. The van der Waals surface area contributed by atoms with Gasteiger partial charge < -0.3 is 19.9 Å². The van der Waals surface area contributed by atoms with Crippen LogP contribution in [0, 0.1) is 13.8 Å². The largest absolute Gasteiger partial charge is 0.383 e. The standard InChI is InChI=1S/C22H24ClN3O3/c1-14-9-15(2)20-16(10-14)11-17(21(27)25-20)13-26(7-8-29-3)22(28)24-19-6-4-5-18(23)12-19/h4-6,9-12H,7-8,13H2,1-3H3,(H,24,28)(H,25,27). The van der Waals surface area contributed by atoms with Crippen LogP contribution in [0.5, 0.6) is 0 Å². The third-order valence-corrected chi connectivity index (χ3v) is 4.90. The van der Waals surface area contributed by atoms with Crippen molar-refractivity contribution in [2.24, 2.45) is 0 Å². The molecule has 0 aliphatic rings. The predicted molar refractivity (Wildman–Crippen MR) is 117 cm³/mol. The van der Waals surface area contributed by atoms with E-state index in [-0.39, 0.29) is 18.1 Å². The van der Waals surface area contributed by atoms with Crippen LogP contribution in [0.15, 0.2) is 47.3 Å². The van der Waals surface area contributed by atoms with Crippen molar-refractivity contribution in [1.82, 2.24) is 9.88 Å². The van der Waals surface area contributed by atoms with Gasteiger partial charge in [0.2, 0.25) is 0 Å². The summed E-state index contributed by atoms with van der Waals surface area (Å²) in [5.41, 5.74) is 3.84. The van der Waals surface area contributed by atoms with Crippen LogP contribution in [-0.4, -0.2) is 36.2 Å². The lowest BCUT2D eigenvalue weighted by atomic mass is 10.1. The van der Waals surface area contributed by atoms with E-state index in [1.165, 1.54) is 0 Å². The number of H-pyrrole nitrogens is 1. The zero-order chi connectivity index (χ0) is 21.0. The van der Waals surface area contributed by atoms with Gasteiger partial charge in [0.15, 0.2) is 0 Å². The van der Waals surface area contributed by atoms with Gasteiger partial charge in [-0.3, -0.25) is 4.79 Å². The molecule has 3 rings (SSSR count). The van der Waals surface area contributed by atoms with E-state index in [0.717, 1.165) is 22.0 Å². The van der Waals surface area contributed by atoms with Crippen molar-refractivity contribution in [1.29, 1.82) is 0 Å². The molecule has 2 amide bonds. The average molecular weight is 414 g/mol. The molecule has 0 fully saturated rings. The molecule has 0 bridgehead atoms. The van der Waals surface area contributed by atoms with Gasteiger partial charge in [-0.2, -0.15) is 0 Å². The summed E-state index contributed by atoms with van der Waals surface area (Å²) < 4.78 is 5.13. The van der Waals surface area contributed by atoms with Crippen LogP contribution in [0.3, 0.4) is 0 Å². The lowest BCUT2D eigenvalue weighted by Gasteiger charge is -2.23. The molecule has 0 aliphatic heterocycles. The Morgan fingerprint density at radius 3 is 2.72 bits per heavy atom. The number of nitrogens with one attached hydrogen (secondary N) is 2. The first kappa shape index (κ1) is 20.9. The first-order chi connectivity index (χ1) is 13.9. The van der Waals surface area contributed by atoms with Gasteiger partial charge in [-0.15, -0.1) is 0 Å². The number of methoxy groups -OCH3 is 1. The number of pyridine rings is 1. The van der Waals surface area contributed by atoms with Crippen molar-refractivity contribution in [2.45, 2.75) is 20.4 Å². The van der Waals surface area contributed by atoms with E-state index in [0.29, 0.717) is 29.4 Å². The summed E-state index contributed by atoms with van der Waals surface area (Å²) in [4.78, 5) is 30.0. The van der Waals surface area contributed by atoms with Crippen molar-refractivity contribution in [3.8, 4) is 0 Å². The Kier molecular flexibility index (Phi) is 6.56. The van der Waals surface area contributed by atoms with E-state index in [9.17, 15) is 9.59 Å². The lowest BCUT2D eigenvalue weighted by molar-refractivity contribution is 0.152. The zero-order valence-electron chi connectivity index (χ0n) is 16.7. The van der Waals surface area contributed by atoms with Crippen molar-refractivity contribution in [3.05, 3.63) is 74.5 Å². The van der Waals surface area contributed by atoms with Gasteiger partial charge in [-0.1, -0.05) is 29.3 Å². The van der Waals surface area contributed by atoms with Crippen LogP contribution in [0.25, 0.3) is 10.9 Å². The number of aryl methyl sites for hydroxylation is 2. The minimum atomic E-state index is -0.329. The van der Waals surface area contributed by atoms with Crippen LogP contribution in [0.4, 0.5) is 10.5 Å². The second kappa shape index (κ2) is 9.11. The molecule has 0 atom stereocenters. The average Bonchev–Trinajstić information content (AvgIpc) is 2.66. The van der Waals surface area contributed by atoms with Crippen LogP contribution >= 0.6 is 11.6 Å². The fraction of sp³-hybridized carbons (Fsp3) is 0.273. The molecule has 0 radical (unpaired) electrons. The molecule has 29 heavy (non-hydrogen) atoms. The normalized spacial score (nSPS) is 10.9. The fourth-order valence-electron chi connectivity index (χ4n) is 3.28. The number of anilines is 1. The van der Waals surface area contributed by atoms with Gasteiger partial charge in [-0.25, -0.2) is 4.79 Å². The van der Waals surface area contributed by atoms with Gasteiger partial charge in [0.25, 0.3) is 5.56 Å². The molecule has 0 saturated heterocycles. The number of ether oxygens (including phenoxy) is 1. The number of fused-ring (bicyclic) bond motifs is 1. The Balaban J connectivity index is 1.88. The fourth-order valence-corrected chi connectivity index (χ4v) is 3.47. The second-order valence-corrected chi connectivity index (χ2v) is 7.46. The molecule has 0 spiro atoms. The number of amides is 2. The molecular formula is C22H24ClN3O3. The summed E-state index contributed by atoms with van der Waals surface area (Å²) in [7, 11) is 1.57. The molecule has 2 N–H and O–H groups in total. The highest BCUT2D eigenvalue weighted by atomic mass is 35.5. The highest BCUT2D eigenvalue weighted by Crippen LogP contribution is 2.19.